The molecule has 4 rings (SSSR count). The van der Waals surface area contributed by atoms with Crippen LogP contribution in [0.2, 0.25) is 10.0 Å². The number of ether oxygens (including phenoxy) is 1. The van der Waals surface area contributed by atoms with Crippen LogP contribution in [-0.2, 0) is 10.0 Å². The Kier molecular flexibility index (Phi) is 7.38. The largest absolute Gasteiger partial charge is 0.507 e. The number of sulfonamides is 1. The fourth-order valence-corrected chi connectivity index (χ4v) is 5.74. The number of benzene rings is 1. The van der Waals surface area contributed by atoms with E-state index < -0.39 is 61.8 Å². The summed E-state index contributed by atoms with van der Waals surface area (Å²) >= 11 is 12.5. The van der Waals surface area contributed by atoms with Gasteiger partial charge in [0.1, 0.15) is 16.7 Å². The normalized spacial score (nSPS) is 23.3. The Bertz CT molecular complexity index is 1600. The zero-order valence-electron chi connectivity index (χ0n) is 18.9. The molecule has 38 heavy (non-hydrogen) atoms. The van der Waals surface area contributed by atoms with E-state index in [0.29, 0.717) is 4.68 Å². The van der Waals surface area contributed by atoms with E-state index in [9.17, 15) is 42.3 Å². The zero-order chi connectivity index (χ0) is 28.0. The molecule has 0 saturated heterocycles. The summed E-state index contributed by atoms with van der Waals surface area (Å²) in [5.41, 5.74) is -6.00. The lowest BCUT2D eigenvalue weighted by Crippen LogP contribution is -2.47. The van der Waals surface area contributed by atoms with Gasteiger partial charge in [0.05, 0.1) is 21.8 Å². The van der Waals surface area contributed by atoms with Crippen LogP contribution in [0.15, 0.2) is 44.5 Å². The Hall–Kier alpha value is -3.29. The first kappa shape index (κ1) is 27.7. The fourth-order valence-electron chi connectivity index (χ4n) is 3.73. The summed E-state index contributed by atoms with van der Waals surface area (Å²) in [6.07, 6.45) is -1.95. The predicted octanol–water partition coefficient (Wildman–Crippen LogP) is 1.98. The van der Waals surface area contributed by atoms with Crippen LogP contribution in [0.4, 0.5) is 8.78 Å². The summed E-state index contributed by atoms with van der Waals surface area (Å²) in [6, 6.07) is 3.34. The number of aliphatic hydroxyl groups excluding tert-OH is 2. The van der Waals surface area contributed by atoms with Crippen molar-refractivity contribution in [3.05, 3.63) is 71.5 Å². The van der Waals surface area contributed by atoms with Crippen LogP contribution in [-0.4, -0.2) is 51.1 Å². The van der Waals surface area contributed by atoms with Crippen molar-refractivity contribution in [1.82, 2.24) is 19.5 Å². The molecule has 2 aliphatic carbocycles. The number of halogens is 4. The van der Waals surface area contributed by atoms with Crippen molar-refractivity contribution in [2.45, 2.75) is 43.4 Å². The maximum absolute atomic E-state index is 13.1. The number of nitriles is 1. The van der Waals surface area contributed by atoms with Gasteiger partial charge in [-0.1, -0.05) is 23.2 Å². The predicted molar refractivity (Wildman–Crippen MR) is 129 cm³/mol. The monoisotopic (exact) mass is 591 g/mol. The third kappa shape index (κ3) is 5.31. The van der Waals surface area contributed by atoms with E-state index in [-0.39, 0.29) is 40.7 Å². The molecule has 0 radical (unpaired) electrons. The zero-order valence-corrected chi connectivity index (χ0v) is 21.2. The number of nitrogens with zero attached hydrogens (tertiary/aromatic N) is 3. The maximum atomic E-state index is 13.1. The van der Waals surface area contributed by atoms with Crippen molar-refractivity contribution in [3.8, 4) is 17.5 Å². The third-order valence-electron chi connectivity index (χ3n) is 5.70. The van der Waals surface area contributed by atoms with E-state index in [2.05, 4.69) is 9.82 Å². The first-order valence-electron chi connectivity index (χ1n) is 10.7. The third-order valence-corrected chi connectivity index (χ3v) is 7.81. The SMILES string of the molecule is N#CC1(Oc2c(Cl)cc(-n3nc(C(F)F)c(=O)[nH]c3=O)cc2Cl)C=C(S(=O)(=O)NC2CC(O)C2)C(O)=CC1. The number of aliphatic hydroxyl groups is 2. The molecule has 12 nitrogen and oxygen atoms in total. The number of aromatic nitrogens is 3. The highest BCUT2D eigenvalue weighted by Crippen LogP contribution is 2.40. The van der Waals surface area contributed by atoms with Crippen molar-refractivity contribution < 1.29 is 32.1 Å². The molecule has 2 aliphatic rings. The molecule has 2 aromatic rings. The minimum atomic E-state index is -4.32. The molecule has 0 bridgehead atoms. The number of aromatic amines is 1. The molecule has 202 valence electrons. The number of rotatable bonds is 7. The van der Waals surface area contributed by atoms with E-state index in [1.807, 2.05) is 6.07 Å². The smallest absolute Gasteiger partial charge is 0.349 e. The van der Waals surface area contributed by atoms with Gasteiger partial charge >= 0.3 is 5.69 Å². The molecule has 1 aromatic heterocycles. The Morgan fingerprint density at radius 1 is 1.29 bits per heavy atom. The molecule has 1 fully saturated rings. The highest BCUT2D eigenvalue weighted by molar-refractivity contribution is 7.93. The van der Waals surface area contributed by atoms with Crippen molar-refractivity contribution >= 4 is 33.2 Å². The Morgan fingerprint density at radius 2 is 1.92 bits per heavy atom. The second kappa shape index (κ2) is 10.1. The van der Waals surface area contributed by atoms with E-state index in [1.54, 1.807) is 4.98 Å². The molecular weight excluding hydrogens is 575 g/mol. The van der Waals surface area contributed by atoms with Gasteiger partial charge in [-0.2, -0.15) is 15.0 Å². The van der Waals surface area contributed by atoms with Gasteiger partial charge < -0.3 is 14.9 Å². The summed E-state index contributed by atoms with van der Waals surface area (Å²) in [5, 5.41) is 32.2. The lowest BCUT2D eigenvalue weighted by Gasteiger charge is -2.33. The lowest BCUT2D eigenvalue weighted by molar-refractivity contribution is 0.0712. The number of hydrogen-bond donors (Lipinski definition) is 4. The number of alkyl halides is 2. The Morgan fingerprint density at radius 3 is 2.47 bits per heavy atom. The Balaban J connectivity index is 1.70. The summed E-state index contributed by atoms with van der Waals surface area (Å²) in [6.45, 7) is 0. The average molecular weight is 592 g/mol. The summed E-state index contributed by atoms with van der Waals surface area (Å²) in [5.74, 6) is -0.958. The van der Waals surface area contributed by atoms with Crippen LogP contribution in [0.25, 0.3) is 5.69 Å². The van der Waals surface area contributed by atoms with Crippen molar-refractivity contribution in [1.29, 1.82) is 5.26 Å². The number of hydrogen-bond acceptors (Lipinski definition) is 9. The summed E-state index contributed by atoms with van der Waals surface area (Å²) in [4.78, 5) is 24.8. The minimum Gasteiger partial charge on any atom is -0.507 e. The first-order valence-corrected chi connectivity index (χ1v) is 12.9. The van der Waals surface area contributed by atoms with E-state index in [0.717, 1.165) is 24.3 Å². The molecule has 1 atom stereocenters. The van der Waals surface area contributed by atoms with Gasteiger partial charge in [-0.25, -0.2) is 26.7 Å². The minimum absolute atomic E-state index is 0.181. The number of nitrogens with one attached hydrogen (secondary N) is 2. The van der Waals surface area contributed by atoms with Crippen molar-refractivity contribution in [3.63, 3.8) is 0 Å². The van der Waals surface area contributed by atoms with Crippen LogP contribution in [0.1, 0.15) is 31.4 Å². The van der Waals surface area contributed by atoms with Gasteiger partial charge in [-0.3, -0.25) is 9.78 Å². The fraction of sp³-hybridized carbons (Fsp3) is 0.333. The number of H-pyrrole nitrogens is 1. The molecule has 1 saturated carbocycles. The second-order valence-electron chi connectivity index (χ2n) is 8.44. The molecule has 0 aliphatic heterocycles. The molecule has 1 aromatic carbocycles. The maximum Gasteiger partial charge on any atom is 0.349 e. The van der Waals surface area contributed by atoms with E-state index in [4.69, 9.17) is 27.9 Å². The highest BCUT2D eigenvalue weighted by atomic mass is 35.5. The molecule has 0 amide bonds. The second-order valence-corrected chi connectivity index (χ2v) is 10.9. The summed E-state index contributed by atoms with van der Waals surface area (Å²) < 4.78 is 60.3. The van der Waals surface area contributed by atoms with Crippen LogP contribution in [0.5, 0.6) is 5.75 Å². The standard InChI is InChI=1S/C21H17Cl2F2N5O7S/c22-12-5-10(30-20(34)27-19(33)16(28-30)18(24)25)6-13(23)17(12)37-21(8-26)2-1-14(32)15(7-21)38(35,36)29-9-3-11(31)4-9/h1,5-7,9,11,18,29,31-32H,2-4H2,(H,27,33,34). The molecule has 4 N–H and O–H groups in total. The highest BCUT2D eigenvalue weighted by Gasteiger charge is 2.40. The van der Waals surface area contributed by atoms with Gasteiger partial charge in [0.2, 0.25) is 15.6 Å². The van der Waals surface area contributed by atoms with Gasteiger partial charge in [0.25, 0.3) is 12.0 Å². The summed E-state index contributed by atoms with van der Waals surface area (Å²) in [7, 11) is -4.32. The van der Waals surface area contributed by atoms with Crippen LogP contribution in [0.3, 0.4) is 0 Å². The molecule has 1 unspecified atom stereocenters. The van der Waals surface area contributed by atoms with Gasteiger partial charge in [-0.15, -0.1) is 0 Å². The Labute approximate surface area is 222 Å². The molecular formula is C21H17Cl2F2N5O7S. The van der Waals surface area contributed by atoms with Crippen molar-refractivity contribution in [2.24, 2.45) is 0 Å². The average Bonchev–Trinajstić information content (AvgIpc) is 2.81. The van der Waals surface area contributed by atoms with E-state index in [1.165, 1.54) is 0 Å². The van der Waals surface area contributed by atoms with Crippen LogP contribution >= 0.6 is 23.2 Å². The van der Waals surface area contributed by atoms with Crippen molar-refractivity contribution in [2.75, 3.05) is 0 Å². The van der Waals surface area contributed by atoms with Crippen LogP contribution < -0.4 is 20.7 Å². The van der Waals surface area contributed by atoms with Gasteiger partial charge in [0, 0.05) is 12.5 Å². The van der Waals surface area contributed by atoms with Crippen LogP contribution in [0, 0.1) is 11.3 Å². The molecule has 17 heteroatoms. The van der Waals surface area contributed by atoms with E-state index >= 15 is 0 Å². The van der Waals surface area contributed by atoms with Gasteiger partial charge in [0.15, 0.2) is 11.4 Å². The molecule has 1 heterocycles. The quantitative estimate of drug-likeness (QED) is 0.373. The molecule has 0 spiro atoms. The van der Waals surface area contributed by atoms with Gasteiger partial charge in [-0.05, 0) is 37.1 Å². The topological polar surface area (TPSA) is 187 Å². The lowest BCUT2D eigenvalue weighted by atomic mass is 9.91. The first-order chi connectivity index (χ1) is 17.7.